The Kier molecular flexibility index (Phi) is 5.65. The zero-order valence-electron chi connectivity index (χ0n) is 9.62. The molecule has 0 saturated carbocycles. The Morgan fingerprint density at radius 2 is 2.40 bits per heavy atom. The van der Waals surface area contributed by atoms with Gasteiger partial charge < -0.3 is 14.8 Å². The van der Waals surface area contributed by atoms with Crippen molar-refractivity contribution in [1.29, 1.82) is 0 Å². The van der Waals surface area contributed by atoms with E-state index >= 15 is 0 Å². The van der Waals surface area contributed by atoms with Crippen LogP contribution >= 0.6 is 0 Å². The maximum Gasteiger partial charge on any atom is 0.310 e. The first-order valence-electron chi connectivity index (χ1n) is 5.73. The van der Waals surface area contributed by atoms with E-state index in [2.05, 4.69) is 5.32 Å². The fraction of sp³-hybridized carbons (Fsp3) is 0.909. The van der Waals surface area contributed by atoms with Gasteiger partial charge in [-0.05, 0) is 33.2 Å². The molecular weight excluding hydrogens is 194 g/mol. The summed E-state index contributed by atoms with van der Waals surface area (Å²) in [4.78, 5) is 11.7. The predicted molar refractivity (Wildman–Crippen MR) is 57.6 cm³/mol. The van der Waals surface area contributed by atoms with Gasteiger partial charge in [-0.25, -0.2) is 0 Å². The van der Waals surface area contributed by atoms with Crippen LogP contribution in [-0.4, -0.2) is 38.4 Å². The molecule has 0 aromatic rings. The van der Waals surface area contributed by atoms with Crippen molar-refractivity contribution in [1.82, 2.24) is 5.32 Å². The summed E-state index contributed by atoms with van der Waals surface area (Å²) in [6, 6.07) is 0. The molecule has 4 nitrogen and oxygen atoms in total. The summed E-state index contributed by atoms with van der Waals surface area (Å²) in [6.07, 6.45) is 1.85. The van der Waals surface area contributed by atoms with Crippen LogP contribution in [0.25, 0.3) is 0 Å². The number of nitrogens with one attached hydrogen (secondary N) is 1. The Labute approximate surface area is 91.3 Å². The Morgan fingerprint density at radius 1 is 1.60 bits per heavy atom. The number of piperidine rings is 1. The van der Waals surface area contributed by atoms with E-state index in [9.17, 15) is 4.79 Å². The van der Waals surface area contributed by atoms with Gasteiger partial charge in [0.05, 0.1) is 12.5 Å². The van der Waals surface area contributed by atoms with Gasteiger partial charge in [0, 0.05) is 13.2 Å². The van der Waals surface area contributed by atoms with Crippen LogP contribution in [0.5, 0.6) is 0 Å². The predicted octanol–water partition coefficient (Wildman–Crippen LogP) is 0.954. The van der Waals surface area contributed by atoms with Crippen molar-refractivity contribution < 1.29 is 14.3 Å². The number of rotatable bonds is 5. The molecule has 0 spiro atoms. The lowest BCUT2D eigenvalue weighted by Gasteiger charge is -2.23. The minimum Gasteiger partial charge on any atom is -0.460 e. The van der Waals surface area contributed by atoms with Crippen LogP contribution in [0.15, 0.2) is 0 Å². The summed E-state index contributed by atoms with van der Waals surface area (Å²) in [7, 11) is 0. The van der Waals surface area contributed by atoms with Crippen LogP contribution in [0.4, 0.5) is 0 Å². The molecule has 1 saturated heterocycles. The first kappa shape index (κ1) is 12.5. The molecule has 1 N–H and O–H groups in total. The van der Waals surface area contributed by atoms with E-state index in [4.69, 9.17) is 9.47 Å². The summed E-state index contributed by atoms with van der Waals surface area (Å²) in [5.74, 6) is -0.0581. The quantitative estimate of drug-likeness (QED) is 0.694. The van der Waals surface area contributed by atoms with Gasteiger partial charge in [-0.2, -0.15) is 0 Å². The molecule has 0 radical (unpaired) electrons. The maximum atomic E-state index is 11.7. The van der Waals surface area contributed by atoms with Gasteiger partial charge in [0.1, 0.15) is 6.10 Å². The van der Waals surface area contributed by atoms with Crippen molar-refractivity contribution in [2.75, 3.05) is 26.3 Å². The number of carbonyl (C=O) groups excluding carboxylic acids is 1. The van der Waals surface area contributed by atoms with Crippen LogP contribution in [0.1, 0.15) is 26.7 Å². The molecular formula is C11H21NO3. The lowest BCUT2D eigenvalue weighted by atomic mass is 10.00. The minimum absolute atomic E-state index is 0.0304. The number of hydrogen-bond donors (Lipinski definition) is 1. The molecule has 2 unspecified atom stereocenters. The van der Waals surface area contributed by atoms with Crippen LogP contribution in [-0.2, 0) is 14.3 Å². The molecule has 0 bridgehead atoms. The lowest BCUT2D eigenvalue weighted by Crippen LogP contribution is -2.37. The normalized spacial score (nSPS) is 23.5. The van der Waals surface area contributed by atoms with Crippen molar-refractivity contribution >= 4 is 5.97 Å². The molecule has 1 aliphatic heterocycles. The van der Waals surface area contributed by atoms with E-state index < -0.39 is 0 Å². The van der Waals surface area contributed by atoms with Gasteiger partial charge in [0.15, 0.2) is 0 Å². The highest BCUT2D eigenvalue weighted by atomic mass is 16.6. The number of hydrogen-bond acceptors (Lipinski definition) is 4. The first-order chi connectivity index (χ1) is 7.24. The van der Waals surface area contributed by atoms with Crippen LogP contribution in [0, 0.1) is 5.92 Å². The number of carbonyl (C=O) groups is 1. The summed E-state index contributed by atoms with van der Waals surface area (Å²) < 4.78 is 10.5. The van der Waals surface area contributed by atoms with Crippen molar-refractivity contribution in [3.63, 3.8) is 0 Å². The van der Waals surface area contributed by atoms with Gasteiger partial charge >= 0.3 is 5.97 Å². The molecule has 1 rings (SSSR count). The monoisotopic (exact) mass is 215 g/mol. The second-order valence-corrected chi connectivity index (χ2v) is 3.95. The summed E-state index contributed by atoms with van der Waals surface area (Å²) in [5.41, 5.74) is 0. The molecule has 2 atom stereocenters. The Balaban J connectivity index is 2.21. The molecule has 1 fully saturated rings. The highest BCUT2D eigenvalue weighted by molar-refractivity contribution is 5.73. The van der Waals surface area contributed by atoms with Crippen LogP contribution in [0.2, 0.25) is 0 Å². The largest absolute Gasteiger partial charge is 0.460 e. The van der Waals surface area contributed by atoms with Gasteiger partial charge in [-0.3, -0.25) is 4.79 Å². The van der Waals surface area contributed by atoms with E-state index in [1.807, 2.05) is 13.8 Å². The molecule has 0 aromatic heterocycles. The molecule has 0 amide bonds. The Bertz CT molecular complexity index is 190. The second kappa shape index (κ2) is 6.80. The van der Waals surface area contributed by atoms with Crippen molar-refractivity contribution in [3.8, 4) is 0 Å². The van der Waals surface area contributed by atoms with Crippen LogP contribution in [0.3, 0.4) is 0 Å². The van der Waals surface area contributed by atoms with Gasteiger partial charge in [-0.15, -0.1) is 0 Å². The van der Waals surface area contributed by atoms with Crippen LogP contribution < -0.4 is 5.32 Å². The zero-order valence-corrected chi connectivity index (χ0v) is 9.62. The minimum atomic E-state index is -0.139. The SMILES string of the molecule is CCOCC(C)OC(=O)C1CCCNC1. The first-order valence-corrected chi connectivity index (χ1v) is 5.73. The highest BCUT2D eigenvalue weighted by Gasteiger charge is 2.23. The third kappa shape index (κ3) is 4.62. The fourth-order valence-corrected chi connectivity index (χ4v) is 1.67. The molecule has 15 heavy (non-hydrogen) atoms. The Hall–Kier alpha value is -0.610. The third-order valence-electron chi connectivity index (χ3n) is 2.50. The molecule has 0 aromatic carbocycles. The van der Waals surface area contributed by atoms with Crippen molar-refractivity contribution in [2.24, 2.45) is 5.92 Å². The van der Waals surface area contributed by atoms with Gasteiger partial charge in [-0.1, -0.05) is 0 Å². The van der Waals surface area contributed by atoms with Crippen molar-refractivity contribution in [3.05, 3.63) is 0 Å². The molecule has 1 heterocycles. The molecule has 88 valence electrons. The van der Waals surface area contributed by atoms with E-state index in [1.54, 1.807) is 0 Å². The van der Waals surface area contributed by atoms with Crippen molar-refractivity contribution in [2.45, 2.75) is 32.8 Å². The zero-order chi connectivity index (χ0) is 11.1. The fourth-order valence-electron chi connectivity index (χ4n) is 1.67. The number of ether oxygens (including phenoxy) is 2. The summed E-state index contributed by atoms with van der Waals surface area (Å²) in [6.45, 7) is 6.71. The topological polar surface area (TPSA) is 47.6 Å². The summed E-state index contributed by atoms with van der Waals surface area (Å²) >= 11 is 0. The number of esters is 1. The molecule has 4 heteroatoms. The average Bonchev–Trinajstić information content (AvgIpc) is 2.27. The van der Waals surface area contributed by atoms with Gasteiger partial charge in [0.2, 0.25) is 0 Å². The second-order valence-electron chi connectivity index (χ2n) is 3.95. The lowest BCUT2D eigenvalue weighted by molar-refractivity contribution is -0.156. The smallest absolute Gasteiger partial charge is 0.310 e. The standard InChI is InChI=1S/C11H21NO3/c1-3-14-8-9(2)15-11(13)10-5-4-6-12-7-10/h9-10,12H,3-8H2,1-2H3. The Morgan fingerprint density at radius 3 is 3.00 bits per heavy atom. The van der Waals surface area contributed by atoms with E-state index in [-0.39, 0.29) is 18.0 Å². The molecule has 1 aliphatic rings. The molecule has 0 aliphatic carbocycles. The highest BCUT2D eigenvalue weighted by Crippen LogP contribution is 2.12. The third-order valence-corrected chi connectivity index (χ3v) is 2.50. The van der Waals surface area contributed by atoms with E-state index in [1.165, 1.54) is 0 Å². The van der Waals surface area contributed by atoms with E-state index in [0.29, 0.717) is 13.2 Å². The maximum absolute atomic E-state index is 11.7. The van der Waals surface area contributed by atoms with E-state index in [0.717, 1.165) is 25.9 Å². The van der Waals surface area contributed by atoms with Gasteiger partial charge in [0.25, 0.3) is 0 Å². The average molecular weight is 215 g/mol. The summed E-state index contributed by atoms with van der Waals surface area (Å²) in [5, 5.41) is 3.20.